The molecule has 0 saturated carbocycles. The molecule has 0 aliphatic carbocycles. The first kappa shape index (κ1) is 12.7. The maximum Gasteiger partial charge on any atom is 0.246 e. The molecule has 0 aliphatic rings. The minimum Gasteiger partial charge on any atom is -0.354 e. The number of hydrogen-bond donors (Lipinski definition) is 1. The van der Waals surface area contributed by atoms with Crippen LogP contribution in [0, 0.1) is 5.92 Å². The van der Waals surface area contributed by atoms with Crippen molar-refractivity contribution in [1.82, 2.24) is 10.2 Å². The fourth-order valence-corrected chi connectivity index (χ4v) is 0.823. The van der Waals surface area contributed by atoms with E-state index in [2.05, 4.69) is 11.9 Å². The van der Waals surface area contributed by atoms with E-state index in [0.717, 1.165) is 0 Å². The summed E-state index contributed by atoms with van der Waals surface area (Å²) in [5.41, 5.74) is 0. The van der Waals surface area contributed by atoms with Gasteiger partial charge < -0.3 is 10.2 Å². The summed E-state index contributed by atoms with van der Waals surface area (Å²) in [5, 5.41) is 2.72. The first-order chi connectivity index (χ1) is 6.47. The summed E-state index contributed by atoms with van der Waals surface area (Å²) >= 11 is 0. The Balaban J connectivity index is 3.82. The molecule has 80 valence electrons. The lowest BCUT2D eigenvalue weighted by Gasteiger charge is -2.15. The largest absolute Gasteiger partial charge is 0.354 e. The third-order valence-corrected chi connectivity index (χ3v) is 1.64. The van der Waals surface area contributed by atoms with Crippen LogP contribution in [0.15, 0.2) is 12.7 Å². The van der Waals surface area contributed by atoms with Crippen LogP contribution in [0.5, 0.6) is 0 Å². The van der Waals surface area contributed by atoms with Crippen molar-refractivity contribution in [3.8, 4) is 0 Å². The lowest BCUT2D eigenvalue weighted by Crippen LogP contribution is -2.38. The molecular formula is C10H18N2O2. The minimum atomic E-state index is -0.246. The van der Waals surface area contributed by atoms with Gasteiger partial charge in [-0.05, 0) is 12.0 Å². The summed E-state index contributed by atoms with van der Waals surface area (Å²) in [4.78, 5) is 23.6. The van der Waals surface area contributed by atoms with Crippen molar-refractivity contribution in [3.05, 3.63) is 12.7 Å². The van der Waals surface area contributed by atoms with E-state index in [-0.39, 0.29) is 18.4 Å². The zero-order valence-corrected chi connectivity index (χ0v) is 9.04. The number of likely N-dealkylation sites (N-methyl/N-ethyl adjacent to an activating group) is 1. The van der Waals surface area contributed by atoms with Gasteiger partial charge in [0, 0.05) is 13.6 Å². The van der Waals surface area contributed by atoms with E-state index in [1.807, 2.05) is 13.8 Å². The Labute approximate surface area is 85.0 Å². The summed E-state index contributed by atoms with van der Waals surface area (Å²) in [6.07, 6.45) is 1.19. The number of hydrogen-bond acceptors (Lipinski definition) is 2. The van der Waals surface area contributed by atoms with Crippen molar-refractivity contribution in [2.75, 3.05) is 20.1 Å². The Morgan fingerprint density at radius 3 is 2.50 bits per heavy atom. The zero-order valence-electron chi connectivity index (χ0n) is 9.04. The second-order valence-corrected chi connectivity index (χ2v) is 3.60. The van der Waals surface area contributed by atoms with Crippen molar-refractivity contribution < 1.29 is 9.59 Å². The van der Waals surface area contributed by atoms with Gasteiger partial charge in [0.2, 0.25) is 11.8 Å². The fourth-order valence-electron chi connectivity index (χ4n) is 0.823. The van der Waals surface area contributed by atoms with Gasteiger partial charge in [-0.3, -0.25) is 9.59 Å². The van der Waals surface area contributed by atoms with Gasteiger partial charge in [0.05, 0.1) is 6.54 Å². The number of carbonyl (C=O) groups excluding carboxylic acids is 2. The fraction of sp³-hybridized carbons (Fsp3) is 0.600. The Hall–Kier alpha value is -1.32. The molecule has 1 N–H and O–H groups in total. The van der Waals surface area contributed by atoms with Gasteiger partial charge in [-0.1, -0.05) is 20.4 Å². The molecule has 0 unspecified atom stereocenters. The average molecular weight is 198 g/mol. The van der Waals surface area contributed by atoms with Gasteiger partial charge in [0.15, 0.2) is 0 Å². The van der Waals surface area contributed by atoms with E-state index >= 15 is 0 Å². The smallest absolute Gasteiger partial charge is 0.246 e. The molecule has 14 heavy (non-hydrogen) atoms. The molecule has 0 bridgehead atoms. The zero-order chi connectivity index (χ0) is 11.1. The van der Waals surface area contributed by atoms with Crippen molar-refractivity contribution in [2.45, 2.75) is 13.8 Å². The number of nitrogens with zero attached hydrogens (tertiary/aromatic N) is 1. The van der Waals surface area contributed by atoms with E-state index in [9.17, 15) is 9.59 Å². The van der Waals surface area contributed by atoms with Gasteiger partial charge >= 0.3 is 0 Å². The molecule has 0 rings (SSSR count). The standard InChI is InChI=1S/C10H18N2O2/c1-5-10(14)12(4)7-9(13)11-6-8(2)3/h5,8H,1,6-7H2,2-4H3,(H,11,13). The Bertz CT molecular complexity index is 224. The second-order valence-electron chi connectivity index (χ2n) is 3.60. The highest BCUT2D eigenvalue weighted by Crippen LogP contribution is 1.89. The molecule has 0 aliphatic heterocycles. The molecule has 0 heterocycles. The first-order valence-electron chi connectivity index (χ1n) is 4.61. The number of rotatable bonds is 5. The molecule has 0 fully saturated rings. The highest BCUT2D eigenvalue weighted by molar-refractivity contribution is 5.90. The predicted molar refractivity (Wildman–Crippen MR) is 55.7 cm³/mol. The van der Waals surface area contributed by atoms with Crippen LogP contribution in [0.4, 0.5) is 0 Å². The highest BCUT2D eigenvalue weighted by Gasteiger charge is 2.09. The Morgan fingerprint density at radius 1 is 1.50 bits per heavy atom. The van der Waals surface area contributed by atoms with E-state index in [1.54, 1.807) is 7.05 Å². The third-order valence-electron chi connectivity index (χ3n) is 1.64. The topological polar surface area (TPSA) is 49.4 Å². The molecule has 0 aromatic rings. The van der Waals surface area contributed by atoms with Crippen LogP contribution >= 0.6 is 0 Å². The normalized spacial score (nSPS) is 9.71. The summed E-state index contributed by atoms with van der Waals surface area (Å²) in [6.45, 7) is 8.08. The first-order valence-corrected chi connectivity index (χ1v) is 4.61. The highest BCUT2D eigenvalue weighted by atomic mass is 16.2. The van der Waals surface area contributed by atoms with Crippen molar-refractivity contribution in [3.63, 3.8) is 0 Å². The summed E-state index contributed by atoms with van der Waals surface area (Å²) in [5.74, 6) is 0.0282. The predicted octanol–water partition coefficient (Wildman–Crippen LogP) is 0.403. The minimum absolute atomic E-state index is 0.0809. The SMILES string of the molecule is C=CC(=O)N(C)CC(=O)NCC(C)C. The second kappa shape index (κ2) is 6.18. The van der Waals surface area contributed by atoms with E-state index < -0.39 is 0 Å². The molecular weight excluding hydrogens is 180 g/mol. The summed E-state index contributed by atoms with van der Waals surface area (Å²) in [7, 11) is 1.57. The Kier molecular flexibility index (Phi) is 5.60. The van der Waals surface area contributed by atoms with Crippen LogP contribution in [0.1, 0.15) is 13.8 Å². The lowest BCUT2D eigenvalue weighted by atomic mass is 10.2. The van der Waals surface area contributed by atoms with Gasteiger partial charge in [-0.2, -0.15) is 0 Å². The number of carbonyl (C=O) groups is 2. The van der Waals surface area contributed by atoms with Crippen LogP contribution in [-0.4, -0.2) is 36.9 Å². The molecule has 0 radical (unpaired) electrons. The summed E-state index contributed by atoms with van der Waals surface area (Å²) in [6, 6.07) is 0. The van der Waals surface area contributed by atoms with Crippen molar-refractivity contribution in [1.29, 1.82) is 0 Å². The van der Waals surface area contributed by atoms with Crippen molar-refractivity contribution in [2.24, 2.45) is 5.92 Å². The molecule has 4 nitrogen and oxygen atoms in total. The van der Waals surface area contributed by atoms with Crippen LogP contribution in [0.3, 0.4) is 0 Å². The average Bonchev–Trinajstić information content (AvgIpc) is 2.13. The summed E-state index contributed by atoms with van der Waals surface area (Å²) < 4.78 is 0. The number of nitrogens with one attached hydrogen (secondary N) is 1. The maximum absolute atomic E-state index is 11.2. The quantitative estimate of drug-likeness (QED) is 0.650. The van der Waals surface area contributed by atoms with E-state index in [4.69, 9.17) is 0 Å². The molecule has 4 heteroatoms. The third kappa shape index (κ3) is 5.35. The lowest BCUT2D eigenvalue weighted by molar-refractivity contribution is -0.131. The molecule has 0 atom stereocenters. The number of amides is 2. The van der Waals surface area contributed by atoms with Crippen LogP contribution in [0.25, 0.3) is 0 Å². The van der Waals surface area contributed by atoms with Crippen LogP contribution in [-0.2, 0) is 9.59 Å². The molecule has 0 aromatic heterocycles. The van der Waals surface area contributed by atoms with Gasteiger partial charge in [-0.25, -0.2) is 0 Å². The van der Waals surface area contributed by atoms with E-state index in [0.29, 0.717) is 12.5 Å². The van der Waals surface area contributed by atoms with E-state index in [1.165, 1.54) is 11.0 Å². The van der Waals surface area contributed by atoms with Crippen LogP contribution < -0.4 is 5.32 Å². The maximum atomic E-state index is 11.2. The molecule has 0 spiro atoms. The van der Waals surface area contributed by atoms with Crippen molar-refractivity contribution >= 4 is 11.8 Å². The Morgan fingerprint density at radius 2 is 2.07 bits per heavy atom. The van der Waals surface area contributed by atoms with Gasteiger partial charge in [0.25, 0.3) is 0 Å². The van der Waals surface area contributed by atoms with Crippen LogP contribution in [0.2, 0.25) is 0 Å². The van der Waals surface area contributed by atoms with Gasteiger partial charge in [-0.15, -0.1) is 0 Å². The molecule has 0 aromatic carbocycles. The van der Waals surface area contributed by atoms with Gasteiger partial charge in [0.1, 0.15) is 0 Å². The molecule has 2 amide bonds. The molecule has 0 saturated heterocycles. The monoisotopic (exact) mass is 198 g/mol.